The molecular formula is C23H25NO2. The molecule has 0 saturated carbocycles. The van der Waals surface area contributed by atoms with Crippen molar-refractivity contribution in [3.63, 3.8) is 0 Å². The molecule has 1 N–H and O–H groups in total. The number of allylic oxidation sites excluding steroid dienone is 1. The molecule has 2 aromatic carbocycles. The Labute approximate surface area is 154 Å². The third-order valence-corrected chi connectivity index (χ3v) is 5.69. The van der Waals surface area contributed by atoms with Gasteiger partial charge in [-0.2, -0.15) is 0 Å². The fraction of sp³-hybridized carbons (Fsp3) is 0.261. The topological polar surface area (TPSA) is 42.2 Å². The van der Waals surface area contributed by atoms with Crippen LogP contribution in [0, 0.1) is 34.6 Å². The van der Waals surface area contributed by atoms with Crippen LogP contribution in [0.3, 0.4) is 0 Å². The zero-order chi connectivity index (χ0) is 19.2. The normalized spacial score (nSPS) is 12.0. The molecule has 134 valence electrons. The van der Waals surface area contributed by atoms with Crippen LogP contribution < -0.4 is 0 Å². The van der Waals surface area contributed by atoms with Gasteiger partial charge in [-0.3, -0.25) is 4.79 Å². The molecule has 0 aliphatic rings. The molecule has 3 aromatic rings. The lowest BCUT2D eigenvalue weighted by molar-refractivity contribution is 0.104. The van der Waals surface area contributed by atoms with Crippen molar-refractivity contribution in [2.45, 2.75) is 34.6 Å². The van der Waals surface area contributed by atoms with Gasteiger partial charge in [-0.05, 0) is 56.9 Å². The van der Waals surface area contributed by atoms with Crippen LogP contribution in [0.2, 0.25) is 0 Å². The first kappa shape index (κ1) is 18.0. The van der Waals surface area contributed by atoms with Crippen molar-refractivity contribution in [1.82, 2.24) is 4.57 Å². The fourth-order valence-corrected chi connectivity index (χ4v) is 3.72. The van der Waals surface area contributed by atoms with Crippen LogP contribution in [0.25, 0.3) is 16.7 Å². The number of aliphatic hydroxyl groups is 1. The number of carbonyl (C=O) groups is 1. The number of benzene rings is 2. The van der Waals surface area contributed by atoms with E-state index in [9.17, 15) is 9.90 Å². The van der Waals surface area contributed by atoms with E-state index >= 15 is 0 Å². The number of fused-ring (bicyclic) bond motifs is 1. The highest BCUT2D eigenvalue weighted by molar-refractivity contribution is 6.17. The van der Waals surface area contributed by atoms with Gasteiger partial charge >= 0.3 is 0 Å². The smallest absolute Gasteiger partial charge is 0.191 e. The number of ketones is 1. The van der Waals surface area contributed by atoms with E-state index in [0.717, 1.165) is 22.2 Å². The lowest BCUT2D eigenvalue weighted by Gasteiger charge is -2.13. The first-order valence-electron chi connectivity index (χ1n) is 8.81. The van der Waals surface area contributed by atoms with Crippen LogP contribution in [-0.2, 0) is 7.05 Å². The number of rotatable bonds is 3. The molecule has 0 unspecified atom stereocenters. The molecule has 0 aliphatic carbocycles. The van der Waals surface area contributed by atoms with Crippen LogP contribution in [0.1, 0.15) is 43.9 Å². The maximum atomic E-state index is 13.1. The summed E-state index contributed by atoms with van der Waals surface area (Å²) in [5.74, 6) is -0.176. The number of carbonyl (C=O) groups excluding carboxylic acids is 1. The van der Waals surface area contributed by atoms with Crippen LogP contribution in [0.4, 0.5) is 0 Å². The zero-order valence-corrected chi connectivity index (χ0v) is 16.3. The maximum Gasteiger partial charge on any atom is 0.191 e. The van der Waals surface area contributed by atoms with E-state index in [-0.39, 0.29) is 11.5 Å². The average molecular weight is 347 g/mol. The Morgan fingerprint density at radius 1 is 0.923 bits per heavy atom. The van der Waals surface area contributed by atoms with Gasteiger partial charge in [0.2, 0.25) is 0 Å². The van der Waals surface area contributed by atoms with Gasteiger partial charge < -0.3 is 9.67 Å². The molecule has 0 bridgehead atoms. The maximum absolute atomic E-state index is 13.1. The minimum atomic E-state index is -0.166. The van der Waals surface area contributed by atoms with Gasteiger partial charge in [0.1, 0.15) is 5.76 Å². The average Bonchev–Trinajstić information content (AvgIpc) is 2.90. The van der Waals surface area contributed by atoms with Gasteiger partial charge in [0.25, 0.3) is 0 Å². The Balaban J connectivity index is 2.26. The molecule has 3 rings (SSSR count). The lowest BCUT2D eigenvalue weighted by Crippen LogP contribution is -2.01. The molecule has 0 fully saturated rings. The zero-order valence-electron chi connectivity index (χ0n) is 16.3. The molecule has 0 amide bonds. The van der Waals surface area contributed by atoms with Gasteiger partial charge in [0.15, 0.2) is 5.78 Å². The first-order valence-corrected chi connectivity index (χ1v) is 8.81. The van der Waals surface area contributed by atoms with E-state index in [0.29, 0.717) is 11.1 Å². The molecule has 0 aliphatic heterocycles. The third kappa shape index (κ3) is 2.64. The van der Waals surface area contributed by atoms with Crippen molar-refractivity contribution in [2.75, 3.05) is 0 Å². The first-order chi connectivity index (χ1) is 12.3. The minimum absolute atomic E-state index is 0.00906. The fourth-order valence-electron chi connectivity index (χ4n) is 3.72. The molecule has 1 aromatic heterocycles. The SMILES string of the molecule is Cc1c(C)c(C)c2c(c1C)c(C(=O)/C=C(/O)c1ccccc1)c(C)n2C. The molecule has 26 heavy (non-hydrogen) atoms. The summed E-state index contributed by atoms with van der Waals surface area (Å²) in [6.07, 6.45) is 1.33. The third-order valence-electron chi connectivity index (χ3n) is 5.69. The predicted molar refractivity (Wildman–Crippen MR) is 108 cm³/mol. The van der Waals surface area contributed by atoms with E-state index in [1.165, 1.54) is 22.8 Å². The lowest BCUT2D eigenvalue weighted by atomic mass is 9.92. The van der Waals surface area contributed by atoms with Crippen molar-refractivity contribution in [3.8, 4) is 0 Å². The van der Waals surface area contributed by atoms with Crippen molar-refractivity contribution in [1.29, 1.82) is 0 Å². The van der Waals surface area contributed by atoms with Crippen molar-refractivity contribution in [2.24, 2.45) is 7.05 Å². The van der Waals surface area contributed by atoms with Gasteiger partial charge in [-0.15, -0.1) is 0 Å². The summed E-state index contributed by atoms with van der Waals surface area (Å²) >= 11 is 0. The quantitative estimate of drug-likeness (QED) is 0.386. The van der Waals surface area contributed by atoms with Gasteiger partial charge in [-0.1, -0.05) is 30.3 Å². The molecule has 3 heteroatoms. The van der Waals surface area contributed by atoms with Crippen molar-refractivity contribution < 1.29 is 9.90 Å². The second-order valence-electron chi connectivity index (χ2n) is 7.00. The van der Waals surface area contributed by atoms with Crippen LogP contribution in [0.15, 0.2) is 36.4 Å². The Morgan fingerprint density at radius 2 is 1.50 bits per heavy atom. The monoisotopic (exact) mass is 347 g/mol. The summed E-state index contributed by atoms with van der Waals surface area (Å²) in [5, 5.41) is 11.4. The molecule has 3 nitrogen and oxygen atoms in total. The number of aryl methyl sites for hydroxylation is 3. The van der Waals surface area contributed by atoms with Crippen LogP contribution in [-0.4, -0.2) is 15.5 Å². The second kappa shape index (κ2) is 6.49. The number of aromatic nitrogens is 1. The Kier molecular flexibility index (Phi) is 4.49. The summed E-state index contributed by atoms with van der Waals surface area (Å²) in [4.78, 5) is 13.1. The molecule has 1 heterocycles. The molecular weight excluding hydrogens is 322 g/mol. The predicted octanol–water partition coefficient (Wildman–Crippen LogP) is 5.50. The van der Waals surface area contributed by atoms with E-state index in [1.807, 2.05) is 32.2 Å². The molecule has 0 spiro atoms. The van der Waals surface area contributed by atoms with Crippen LogP contribution in [0.5, 0.6) is 0 Å². The number of nitrogens with zero attached hydrogens (tertiary/aromatic N) is 1. The van der Waals surface area contributed by atoms with Gasteiger partial charge in [-0.25, -0.2) is 0 Å². The number of hydrogen-bond donors (Lipinski definition) is 1. The van der Waals surface area contributed by atoms with Crippen molar-refractivity contribution >= 4 is 22.4 Å². The summed E-state index contributed by atoms with van der Waals surface area (Å²) < 4.78 is 2.09. The Hall–Kier alpha value is -2.81. The van der Waals surface area contributed by atoms with Crippen LogP contribution >= 0.6 is 0 Å². The van der Waals surface area contributed by atoms with Gasteiger partial charge in [0.05, 0.1) is 11.1 Å². The highest BCUT2D eigenvalue weighted by Gasteiger charge is 2.23. The number of hydrogen-bond acceptors (Lipinski definition) is 2. The minimum Gasteiger partial charge on any atom is -0.507 e. The summed E-state index contributed by atoms with van der Waals surface area (Å²) in [7, 11) is 2.00. The molecule has 0 atom stereocenters. The van der Waals surface area contributed by atoms with Gasteiger partial charge in [0, 0.05) is 29.8 Å². The molecule has 0 radical (unpaired) electrons. The standard InChI is InChI=1S/C23H25NO2/c1-13-14(2)16(4)23-21(15(13)3)22(17(5)24(23)6)20(26)12-19(25)18-10-8-7-9-11-18/h7-12,25H,1-6H3/b19-12+. The van der Waals surface area contributed by atoms with E-state index in [4.69, 9.17) is 0 Å². The Morgan fingerprint density at radius 3 is 2.12 bits per heavy atom. The largest absolute Gasteiger partial charge is 0.507 e. The highest BCUT2D eigenvalue weighted by atomic mass is 16.3. The summed E-state index contributed by atoms with van der Waals surface area (Å²) in [6, 6.07) is 9.14. The summed E-state index contributed by atoms with van der Waals surface area (Å²) in [6.45, 7) is 10.4. The highest BCUT2D eigenvalue weighted by Crippen LogP contribution is 2.35. The van der Waals surface area contributed by atoms with E-state index in [1.54, 1.807) is 12.1 Å². The van der Waals surface area contributed by atoms with Crippen molar-refractivity contribution in [3.05, 3.63) is 75.5 Å². The molecule has 0 saturated heterocycles. The van der Waals surface area contributed by atoms with E-state index in [2.05, 4.69) is 32.3 Å². The number of aliphatic hydroxyl groups excluding tert-OH is 1. The summed E-state index contributed by atoms with van der Waals surface area (Å²) in [5.41, 5.74) is 8.12. The Bertz CT molecular complexity index is 1050. The second-order valence-corrected chi connectivity index (χ2v) is 7.00. The van der Waals surface area contributed by atoms with E-state index < -0.39 is 0 Å².